The van der Waals surface area contributed by atoms with Gasteiger partial charge in [0.1, 0.15) is 5.82 Å². The van der Waals surface area contributed by atoms with Crippen LogP contribution in [0.5, 0.6) is 0 Å². The fourth-order valence-electron chi connectivity index (χ4n) is 5.30. The van der Waals surface area contributed by atoms with Crippen LogP contribution in [0.2, 0.25) is 0 Å². The number of aromatic amines is 1. The highest BCUT2D eigenvalue weighted by molar-refractivity contribution is 5.93. The first-order valence-electron chi connectivity index (χ1n) is 13.8. The average molecular weight is 508 g/mol. The lowest BCUT2D eigenvalue weighted by molar-refractivity contribution is -0.130. The topological polar surface area (TPSA) is 39.3 Å². The maximum absolute atomic E-state index is 15.5. The number of benzene rings is 1. The summed E-state index contributed by atoms with van der Waals surface area (Å²) in [6.45, 7) is 19.3. The molecule has 2 aromatic rings. The summed E-state index contributed by atoms with van der Waals surface area (Å²) in [5.41, 5.74) is 7.52. The van der Waals surface area contributed by atoms with Crippen molar-refractivity contribution < 1.29 is 9.18 Å². The highest BCUT2D eigenvalue weighted by Crippen LogP contribution is 2.39. The molecule has 1 atom stereocenters. The van der Waals surface area contributed by atoms with E-state index in [2.05, 4.69) is 70.1 Å². The van der Waals surface area contributed by atoms with Crippen LogP contribution in [-0.2, 0) is 4.79 Å². The number of hydrogen-bond donors (Lipinski definition) is 1. The second-order valence-corrected chi connectivity index (χ2v) is 11.3. The van der Waals surface area contributed by atoms with Crippen molar-refractivity contribution in [3.05, 3.63) is 64.6 Å². The van der Waals surface area contributed by atoms with Crippen molar-refractivity contribution in [3.63, 3.8) is 0 Å². The fourth-order valence-corrected chi connectivity index (χ4v) is 5.30. The molecule has 1 aromatic heterocycles. The molecular formula is C32H46FN3O. The van der Waals surface area contributed by atoms with Gasteiger partial charge in [-0.25, -0.2) is 4.39 Å². The van der Waals surface area contributed by atoms with E-state index >= 15 is 4.39 Å². The zero-order valence-corrected chi connectivity index (χ0v) is 24.2. The molecule has 0 aliphatic carbocycles. The highest BCUT2D eigenvalue weighted by Gasteiger charge is 2.27. The molecule has 2 heterocycles. The Morgan fingerprint density at radius 1 is 1.22 bits per heavy atom. The number of fused-ring (bicyclic) bond motifs is 1. The zero-order chi connectivity index (χ0) is 27.4. The van der Waals surface area contributed by atoms with Gasteiger partial charge in [-0.1, -0.05) is 52.0 Å². The number of halogens is 1. The highest BCUT2D eigenvalue weighted by atomic mass is 19.1. The Balaban J connectivity index is 2.03. The predicted octanol–water partition coefficient (Wildman–Crippen LogP) is 7.65. The number of hydrogen-bond acceptors (Lipinski definition) is 2. The number of allylic oxidation sites excluding steroid dienone is 5. The zero-order valence-electron chi connectivity index (χ0n) is 24.2. The number of piperidine rings is 1. The number of likely N-dealkylation sites (tertiary alicyclic amines) is 1. The van der Waals surface area contributed by atoms with Crippen LogP contribution in [-0.4, -0.2) is 54.4 Å². The number of nitrogens with zero attached hydrogens (tertiary/aromatic N) is 2. The Labute approximate surface area is 223 Å². The summed E-state index contributed by atoms with van der Waals surface area (Å²) < 4.78 is 15.5. The van der Waals surface area contributed by atoms with Crippen LogP contribution < -0.4 is 0 Å². The molecule has 0 saturated carbocycles. The lowest BCUT2D eigenvalue weighted by Gasteiger charge is -2.32. The molecule has 202 valence electrons. The SMILES string of the molecule is C=C/C(C)=C(\C=C(\C)C(C)CC)c1[nH]c2cc(F)c(C3CCN(CC(=O)N(C)C)CC3)cc2c1C(C)C. The van der Waals surface area contributed by atoms with Crippen LogP contribution >= 0.6 is 0 Å². The van der Waals surface area contributed by atoms with E-state index in [0.717, 1.165) is 65.7 Å². The van der Waals surface area contributed by atoms with Crippen LogP contribution in [0.15, 0.2) is 42.0 Å². The molecule has 3 rings (SSSR count). The van der Waals surface area contributed by atoms with Crippen LogP contribution in [0.4, 0.5) is 4.39 Å². The summed E-state index contributed by atoms with van der Waals surface area (Å²) in [6, 6.07) is 3.78. The van der Waals surface area contributed by atoms with Gasteiger partial charge in [-0.3, -0.25) is 9.69 Å². The molecule has 1 aliphatic rings. The fraction of sp³-hybridized carbons (Fsp3) is 0.531. The lowest BCUT2D eigenvalue weighted by Crippen LogP contribution is -2.40. The van der Waals surface area contributed by atoms with Gasteiger partial charge < -0.3 is 9.88 Å². The first kappa shape index (κ1) is 28.9. The average Bonchev–Trinajstić information content (AvgIpc) is 3.24. The van der Waals surface area contributed by atoms with E-state index in [4.69, 9.17) is 0 Å². The molecule has 1 fully saturated rings. The predicted molar refractivity (Wildman–Crippen MR) is 155 cm³/mol. The van der Waals surface area contributed by atoms with Crippen LogP contribution in [0.25, 0.3) is 16.5 Å². The number of H-pyrrole nitrogens is 1. The van der Waals surface area contributed by atoms with Gasteiger partial charge in [-0.15, -0.1) is 0 Å². The van der Waals surface area contributed by atoms with Crippen molar-refractivity contribution in [2.45, 2.75) is 72.6 Å². The molecule has 1 aliphatic heterocycles. The van der Waals surface area contributed by atoms with E-state index < -0.39 is 0 Å². The molecule has 1 saturated heterocycles. The van der Waals surface area contributed by atoms with E-state index in [-0.39, 0.29) is 23.6 Å². The van der Waals surface area contributed by atoms with Crippen molar-refractivity contribution in [2.24, 2.45) is 5.92 Å². The molecule has 37 heavy (non-hydrogen) atoms. The van der Waals surface area contributed by atoms with Gasteiger partial charge in [-0.2, -0.15) is 0 Å². The van der Waals surface area contributed by atoms with E-state index in [1.54, 1.807) is 25.1 Å². The third kappa shape index (κ3) is 6.43. The van der Waals surface area contributed by atoms with Crippen molar-refractivity contribution in [1.82, 2.24) is 14.8 Å². The molecule has 0 radical (unpaired) electrons. The Kier molecular flexibility index (Phi) is 9.57. The van der Waals surface area contributed by atoms with Gasteiger partial charge in [0.2, 0.25) is 5.91 Å². The van der Waals surface area contributed by atoms with Gasteiger partial charge in [0.15, 0.2) is 0 Å². The molecule has 1 amide bonds. The summed E-state index contributed by atoms with van der Waals surface area (Å²) >= 11 is 0. The Hall–Kier alpha value is -2.66. The number of likely N-dealkylation sites (N-methyl/N-ethyl adjacent to an activating group) is 1. The smallest absolute Gasteiger partial charge is 0.236 e. The largest absolute Gasteiger partial charge is 0.354 e. The minimum absolute atomic E-state index is 0.115. The van der Waals surface area contributed by atoms with E-state index in [9.17, 15) is 4.79 Å². The quantitative estimate of drug-likeness (QED) is 0.354. The molecule has 5 heteroatoms. The van der Waals surface area contributed by atoms with Crippen molar-refractivity contribution in [2.75, 3.05) is 33.7 Å². The second-order valence-electron chi connectivity index (χ2n) is 11.3. The van der Waals surface area contributed by atoms with Gasteiger partial charge in [0.05, 0.1) is 12.2 Å². The van der Waals surface area contributed by atoms with Crippen molar-refractivity contribution in [1.29, 1.82) is 0 Å². The number of aromatic nitrogens is 1. The molecule has 1 unspecified atom stereocenters. The van der Waals surface area contributed by atoms with Gasteiger partial charge in [0.25, 0.3) is 0 Å². The monoisotopic (exact) mass is 507 g/mol. The van der Waals surface area contributed by atoms with E-state index in [0.29, 0.717) is 12.5 Å². The third-order valence-electron chi connectivity index (χ3n) is 8.18. The van der Waals surface area contributed by atoms with E-state index in [1.807, 2.05) is 6.08 Å². The number of rotatable bonds is 9. The summed E-state index contributed by atoms with van der Waals surface area (Å²) in [6.07, 6.45) is 6.99. The number of carbonyl (C=O) groups is 1. The minimum atomic E-state index is -0.143. The van der Waals surface area contributed by atoms with Crippen molar-refractivity contribution in [3.8, 4) is 0 Å². The first-order chi connectivity index (χ1) is 17.5. The van der Waals surface area contributed by atoms with E-state index in [1.165, 1.54) is 11.1 Å². The minimum Gasteiger partial charge on any atom is -0.354 e. The van der Waals surface area contributed by atoms with Crippen molar-refractivity contribution >= 4 is 22.4 Å². The van der Waals surface area contributed by atoms with Gasteiger partial charge in [-0.05, 0) is 92.8 Å². The molecule has 1 N–H and O–H groups in total. The van der Waals surface area contributed by atoms with Crippen LogP contribution in [0.3, 0.4) is 0 Å². The molecule has 0 bridgehead atoms. The molecule has 0 spiro atoms. The molecular weight excluding hydrogens is 461 g/mol. The summed E-state index contributed by atoms with van der Waals surface area (Å²) in [5.74, 6) is 0.888. The number of nitrogens with one attached hydrogen (secondary N) is 1. The van der Waals surface area contributed by atoms with Gasteiger partial charge >= 0.3 is 0 Å². The maximum atomic E-state index is 15.5. The maximum Gasteiger partial charge on any atom is 0.236 e. The summed E-state index contributed by atoms with van der Waals surface area (Å²) in [4.78, 5) is 19.5. The Morgan fingerprint density at radius 2 is 1.86 bits per heavy atom. The summed E-state index contributed by atoms with van der Waals surface area (Å²) in [5, 5.41) is 1.11. The Morgan fingerprint density at radius 3 is 2.41 bits per heavy atom. The second kappa shape index (κ2) is 12.3. The van der Waals surface area contributed by atoms with Gasteiger partial charge in [0, 0.05) is 30.6 Å². The van der Waals surface area contributed by atoms with Crippen LogP contribution in [0.1, 0.15) is 89.5 Å². The first-order valence-corrected chi connectivity index (χ1v) is 13.8. The van der Waals surface area contributed by atoms with Crippen LogP contribution in [0, 0.1) is 11.7 Å². The third-order valence-corrected chi connectivity index (χ3v) is 8.18. The number of carbonyl (C=O) groups excluding carboxylic acids is 1. The lowest BCUT2D eigenvalue weighted by atomic mass is 9.86. The summed E-state index contributed by atoms with van der Waals surface area (Å²) in [7, 11) is 3.57. The normalized spacial score (nSPS) is 17.3. The standard InChI is InChI=1S/C32H46FN3O/c1-10-21(5)23(7)16-25(22(6)11-2)32-31(20(3)4)27-17-26(28(33)18-29(27)34-32)24-12-14-36(15-13-24)19-30(37)35(8)9/h11,16-18,20-21,24,34H,2,10,12-15,19H2,1,3-9H3/b23-16-,25-22+. The Bertz CT molecular complexity index is 1190. The molecule has 4 nitrogen and oxygen atoms in total. The molecule has 1 aromatic carbocycles. The number of amides is 1.